The molecule has 1 saturated heterocycles. The first-order valence-corrected chi connectivity index (χ1v) is 12.4. The normalized spacial score (nSPS) is 14.4. The molecule has 1 aliphatic heterocycles. The quantitative estimate of drug-likeness (QED) is 0.418. The molecule has 1 aliphatic rings. The highest BCUT2D eigenvalue weighted by atomic mass is 16.3. The van der Waals surface area contributed by atoms with Gasteiger partial charge in [-0.25, -0.2) is 4.98 Å². The van der Waals surface area contributed by atoms with E-state index in [9.17, 15) is 4.79 Å². The molecule has 2 N–H and O–H groups in total. The lowest BCUT2D eigenvalue weighted by atomic mass is 10.1. The van der Waals surface area contributed by atoms with E-state index in [1.54, 1.807) is 0 Å². The van der Waals surface area contributed by atoms with Crippen LogP contribution in [0.5, 0.6) is 0 Å². The zero-order valence-corrected chi connectivity index (χ0v) is 20.8. The lowest BCUT2D eigenvalue weighted by Crippen LogP contribution is -2.49. The summed E-state index contributed by atoms with van der Waals surface area (Å²) in [6, 6.07) is 16.3. The van der Waals surface area contributed by atoms with Crippen molar-refractivity contribution in [1.29, 1.82) is 0 Å². The predicted octanol–water partition coefficient (Wildman–Crippen LogP) is 3.46. The maximum atomic E-state index is 12.8. The number of hydrogen-bond acceptors (Lipinski definition) is 6. The smallest absolute Gasteiger partial charge is 0.229 e. The van der Waals surface area contributed by atoms with Crippen LogP contribution >= 0.6 is 0 Å². The van der Waals surface area contributed by atoms with Crippen molar-refractivity contribution in [3.63, 3.8) is 0 Å². The Balaban J connectivity index is 1.28. The van der Waals surface area contributed by atoms with E-state index < -0.39 is 0 Å². The molecule has 8 nitrogen and oxygen atoms in total. The first kappa shape index (κ1) is 24.0. The number of aromatic nitrogens is 3. The van der Waals surface area contributed by atoms with Crippen LogP contribution in [0, 0.1) is 13.8 Å². The SMILES string of the molecule is Cc1ccc(Nc2ncc3ccn(-c4ccc(CC(=O)N5CCN(CCO)CC5)cc4)c3n2)cc1C. The third kappa shape index (κ3) is 5.24. The van der Waals surface area contributed by atoms with E-state index in [2.05, 4.69) is 41.2 Å². The zero-order chi connectivity index (χ0) is 25.1. The van der Waals surface area contributed by atoms with Gasteiger partial charge in [-0.15, -0.1) is 0 Å². The fourth-order valence-electron chi connectivity index (χ4n) is 4.56. The Morgan fingerprint density at radius 2 is 1.78 bits per heavy atom. The van der Waals surface area contributed by atoms with Crippen LogP contribution in [0.15, 0.2) is 60.9 Å². The van der Waals surface area contributed by atoms with Crippen molar-refractivity contribution in [2.45, 2.75) is 20.3 Å². The van der Waals surface area contributed by atoms with Gasteiger partial charge in [0.2, 0.25) is 11.9 Å². The molecule has 5 rings (SSSR count). The molecule has 0 atom stereocenters. The molecule has 0 aliphatic carbocycles. The summed E-state index contributed by atoms with van der Waals surface area (Å²) in [6.45, 7) is 8.07. The Morgan fingerprint density at radius 3 is 2.50 bits per heavy atom. The standard InChI is InChI=1S/C28H32N6O2/c1-20-3-6-24(17-21(20)2)30-28-29-19-23-9-10-34(27(23)31-28)25-7-4-22(5-8-25)18-26(36)33-13-11-32(12-14-33)15-16-35/h3-10,17,19,35H,11-16,18H2,1-2H3,(H,29,30,31). The van der Waals surface area contributed by atoms with Gasteiger partial charge in [-0.1, -0.05) is 18.2 Å². The predicted molar refractivity (Wildman–Crippen MR) is 142 cm³/mol. The number of benzene rings is 2. The van der Waals surface area contributed by atoms with Crippen LogP contribution in [0.1, 0.15) is 16.7 Å². The maximum absolute atomic E-state index is 12.8. The second kappa shape index (κ2) is 10.5. The monoisotopic (exact) mass is 484 g/mol. The molecule has 1 fully saturated rings. The Hall–Kier alpha value is -3.75. The third-order valence-corrected chi connectivity index (χ3v) is 6.90. The van der Waals surface area contributed by atoms with Gasteiger partial charge in [0.1, 0.15) is 5.65 Å². The molecule has 0 bridgehead atoms. The van der Waals surface area contributed by atoms with Crippen LogP contribution in [0.25, 0.3) is 16.7 Å². The Kier molecular flexibility index (Phi) is 6.97. The van der Waals surface area contributed by atoms with Crippen LogP contribution in [0.4, 0.5) is 11.6 Å². The van der Waals surface area contributed by atoms with Crippen molar-refractivity contribution < 1.29 is 9.90 Å². The largest absolute Gasteiger partial charge is 0.395 e. The van der Waals surface area contributed by atoms with E-state index in [0.29, 0.717) is 32.0 Å². The third-order valence-electron chi connectivity index (χ3n) is 6.90. The average Bonchev–Trinajstić information content (AvgIpc) is 3.31. The number of carbonyl (C=O) groups excluding carboxylic acids is 1. The summed E-state index contributed by atoms with van der Waals surface area (Å²) in [5.41, 5.74) is 6.21. The van der Waals surface area contributed by atoms with Gasteiger partial charge in [0, 0.05) is 61.9 Å². The van der Waals surface area contributed by atoms with Gasteiger partial charge in [0.05, 0.1) is 13.0 Å². The summed E-state index contributed by atoms with van der Waals surface area (Å²) in [5, 5.41) is 13.4. The van der Waals surface area contributed by atoms with Crippen molar-refractivity contribution in [1.82, 2.24) is 24.3 Å². The molecule has 4 aromatic rings. The van der Waals surface area contributed by atoms with E-state index in [1.807, 2.05) is 58.3 Å². The van der Waals surface area contributed by atoms with Gasteiger partial charge in [-0.3, -0.25) is 9.69 Å². The van der Waals surface area contributed by atoms with Crippen molar-refractivity contribution in [2.24, 2.45) is 0 Å². The minimum Gasteiger partial charge on any atom is -0.395 e. The fraction of sp³-hybridized carbons (Fsp3) is 0.321. The lowest BCUT2D eigenvalue weighted by molar-refractivity contribution is -0.132. The number of rotatable bonds is 7. The molecular weight excluding hydrogens is 452 g/mol. The molecule has 0 radical (unpaired) electrons. The molecular formula is C28H32N6O2. The van der Waals surface area contributed by atoms with Gasteiger partial charge in [-0.05, 0) is 60.9 Å². The van der Waals surface area contributed by atoms with Crippen LogP contribution < -0.4 is 5.32 Å². The molecule has 1 amide bonds. The molecule has 3 heterocycles. The summed E-state index contributed by atoms with van der Waals surface area (Å²) in [6.07, 6.45) is 4.21. The Bertz CT molecular complexity index is 1360. The lowest BCUT2D eigenvalue weighted by Gasteiger charge is -2.34. The number of aliphatic hydroxyl groups is 1. The van der Waals surface area contributed by atoms with Gasteiger partial charge in [0.15, 0.2) is 0 Å². The Morgan fingerprint density at radius 1 is 1.00 bits per heavy atom. The summed E-state index contributed by atoms with van der Waals surface area (Å²) in [5.74, 6) is 0.694. The topological polar surface area (TPSA) is 86.5 Å². The van der Waals surface area contributed by atoms with Crippen molar-refractivity contribution in [2.75, 3.05) is 44.6 Å². The van der Waals surface area contributed by atoms with Crippen LogP contribution in [0.3, 0.4) is 0 Å². The van der Waals surface area contributed by atoms with Gasteiger partial charge in [-0.2, -0.15) is 4.98 Å². The molecule has 2 aromatic heterocycles. The number of amides is 1. The minimum absolute atomic E-state index is 0.146. The molecule has 0 spiro atoms. The van der Waals surface area contributed by atoms with E-state index in [0.717, 1.165) is 41.1 Å². The minimum atomic E-state index is 0.146. The van der Waals surface area contributed by atoms with Crippen molar-refractivity contribution >= 4 is 28.6 Å². The molecule has 0 unspecified atom stereocenters. The summed E-state index contributed by atoms with van der Waals surface area (Å²) in [4.78, 5) is 26.1. The van der Waals surface area contributed by atoms with E-state index in [4.69, 9.17) is 10.1 Å². The van der Waals surface area contributed by atoms with Gasteiger partial charge < -0.3 is 19.9 Å². The zero-order valence-electron chi connectivity index (χ0n) is 20.8. The number of nitrogens with one attached hydrogen (secondary N) is 1. The van der Waals surface area contributed by atoms with E-state index >= 15 is 0 Å². The summed E-state index contributed by atoms with van der Waals surface area (Å²) in [7, 11) is 0. The highest BCUT2D eigenvalue weighted by Gasteiger charge is 2.20. The number of carbonyl (C=O) groups is 1. The van der Waals surface area contributed by atoms with Crippen molar-refractivity contribution in [3.05, 3.63) is 77.6 Å². The highest BCUT2D eigenvalue weighted by Crippen LogP contribution is 2.22. The van der Waals surface area contributed by atoms with E-state index in [-0.39, 0.29) is 12.5 Å². The number of β-amino-alcohol motifs (C(OH)–C–C–N with tert-alkyl or cyclic N) is 1. The Labute approximate surface area is 211 Å². The molecule has 2 aromatic carbocycles. The number of aliphatic hydroxyl groups excluding tert-OH is 1. The number of hydrogen-bond donors (Lipinski definition) is 2. The first-order chi connectivity index (χ1) is 17.5. The maximum Gasteiger partial charge on any atom is 0.229 e. The van der Waals surface area contributed by atoms with Crippen molar-refractivity contribution in [3.8, 4) is 5.69 Å². The number of nitrogens with zero attached hydrogens (tertiary/aromatic N) is 5. The van der Waals surface area contributed by atoms with Crippen LogP contribution in [-0.2, 0) is 11.2 Å². The molecule has 8 heteroatoms. The summed E-state index contributed by atoms with van der Waals surface area (Å²) >= 11 is 0. The summed E-state index contributed by atoms with van der Waals surface area (Å²) < 4.78 is 2.04. The fourth-order valence-corrected chi connectivity index (χ4v) is 4.56. The number of piperazine rings is 1. The molecule has 36 heavy (non-hydrogen) atoms. The first-order valence-electron chi connectivity index (χ1n) is 12.4. The second-order valence-electron chi connectivity index (χ2n) is 9.37. The van der Waals surface area contributed by atoms with Gasteiger partial charge >= 0.3 is 0 Å². The van der Waals surface area contributed by atoms with Gasteiger partial charge in [0.25, 0.3) is 0 Å². The number of anilines is 2. The number of fused-ring (bicyclic) bond motifs is 1. The average molecular weight is 485 g/mol. The van der Waals surface area contributed by atoms with Crippen LogP contribution in [-0.4, -0.2) is 74.7 Å². The second-order valence-corrected chi connectivity index (χ2v) is 9.37. The number of aryl methyl sites for hydroxylation is 2. The highest BCUT2D eigenvalue weighted by molar-refractivity contribution is 5.80. The molecule has 0 saturated carbocycles. The molecule has 186 valence electrons. The van der Waals surface area contributed by atoms with E-state index in [1.165, 1.54) is 11.1 Å². The van der Waals surface area contributed by atoms with Crippen LogP contribution in [0.2, 0.25) is 0 Å².